The van der Waals surface area contributed by atoms with Crippen molar-refractivity contribution in [2.45, 2.75) is 58.1 Å². The van der Waals surface area contributed by atoms with E-state index in [1.165, 1.54) is 0 Å². The molecule has 1 aromatic carbocycles. The number of amides is 1. The summed E-state index contributed by atoms with van der Waals surface area (Å²) in [5.74, 6) is 1.56. The number of nitrogens with zero attached hydrogens (tertiary/aromatic N) is 1. The van der Waals surface area contributed by atoms with Crippen molar-refractivity contribution in [1.29, 1.82) is 0 Å². The third-order valence-electron chi connectivity index (χ3n) is 7.00. The van der Waals surface area contributed by atoms with Gasteiger partial charge in [0.25, 0.3) is 5.91 Å². The third kappa shape index (κ3) is 4.47. The van der Waals surface area contributed by atoms with E-state index in [9.17, 15) is 9.59 Å². The number of fused-ring (bicyclic) bond motifs is 1. The Labute approximate surface area is 196 Å². The minimum Gasteiger partial charge on any atom is -0.493 e. The molecule has 33 heavy (non-hydrogen) atoms. The monoisotopic (exact) mass is 457 g/mol. The number of ether oxygens (including phenoxy) is 4. The molecule has 4 unspecified atom stereocenters. The van der Waals surface area contributed by atoms with Crippen molar-refractivity contribution in [2.24, 2.45) is 11.8 Å². The molecule has 180 valence electrons. The Kier molecular flexibility index (Phi) is 7.27. The molecular formula is C26H35NO6. The molecule has 3 aliphatic rings. The first-order chi connectivity index (χ1) is 16.0. The number of carbonyl (C=O) groups is 2. The molecule has 1 fully saturated rings. The van der Waals surface area contributed by atoms with Gasteiger partial charge in [-0.3, -0.25) is 9.59 Å². The SMILES string of the molecule is CCCCOc1ccc(C2C3=C(OC4CCC(C)CC4C3=O)C(=O)N2CCOC)cc1OC. The summed E-state index contributed by atoms with van der Waals surface area (Å²) in [6, 6.07) is 5.13. The van der Waals surface area contributed by atoms with Gasteiger partial charge in [-0.2, -0.15) is 0 Å². The molecule has 4 atom stereocenters. The van der Waals surface area contributed by atoms with E-state index >= 15 is 0 Å². The molecule has 1 amide bonds. The molecule has 7 nitrogen and oxygen atoms in total. The highest BCUT2D eigenvalue weighted by atomic mass is 16.5. The van der Waals surface area contributed by atoms with Crippen molar-refractivity contribution in [2.75, 3.05) is 34.0 Å². The standard InChI is InChI=1S/C26H35NO6/c1-5-6-12-32-20-10-8-17(15-21(20)31-4)23-22-24(28)18-14-16(2)7-9-19(18)33-25(22)26(29)27(23)11-13-30-3/h8,10,15-16,18-19,23H,5-7,9,11-14H2,1-4H3. The zero-order valence-electron chi connectivity index (χ0n) is 20.1. The predicted octanol–water partition coefficient (Wildman–Crippen LogP) is 4.06. The van der Waals surface area contributed by atoms with Crippen molar-refractivity contribution in [3.63, 3.8) is 0 Å². The van der Waals surface area contributed by atoms with Crippen LogP contribution in [0.25, 0.3) is 0 Å². The molecule has 1 aromatic rings. The Morgan fingerprint density at radius 1 is 1.12 bits per heavy atom. The van der Waals surface area contributed by atoms with Crippen molar-refractivity contribution in [3.05, 3.63) is 35.1 Å². The molecule has 4 rings (SSSR count). The smallest absolute Gasteiger partial charge is 0.290 e. The number of carbonyl (C=O) groups excluding carboxylic acids is 2. The second kappa shape index (κ2) is 10.2. The lowest BCUT2D eigenvalue weighted by atomic mass is 9.74. The number of methoxy groups -OCH3 is 2. The molecule has 0 saturated heterocycles. The summed E-state index contributed by atoms with van der Waals surface area (Å²) in [7, 11) is 3.20. The van der Waals surface area contributed by atoms with Crippen LogP contribution in [0.3, 0.4) is 0 Å². The van der Waals surface area contributed by atoms with Crippen LogP contribution >= 0.6 is 0 Å². The second-order valence-corrected chi connectivity index (χ2v) is 9.29. The molecular weight excluding hydrogens is 422 g/mol. The fourth-order valence-electron chi connectivity index (χ4n) is 5.19. The number of unbranched alkanes of at least 4 members (excludes halogenated alkanes) is 1. The average Bonchev–Trinajstić information content (AvgIpc) is 3.10. The Bertz CT molecular complexity index is 925. The first kappa shape index (κ1) is 23.6. The van der Waals surface area contributed by atoms with Crippen molar-refractivity contribution >= 4 is 11.7 Å². The highest BCUT2D eigenvalue weighted by Gasteiger charge is 2.52. The second-order valence-electron chi connectivity index (χ2n) is 9.29. The van der Waals surface area contributed by atoms with Crippen LogP contribution in [0.4, 0.5) is 0 Å². The van der Waals surface area contributed by atoms with Gasteiger partial charge in [-0.15, -0.1) is 0 Å². The number of rotatable bonds is 9. The number of hydrogen-bond acceptors (Lipinski definition) is 6. The lowest BCUT2D eigenvalue weighted by molar-refractivity contribution is -0.136. The van der Waals surface area contributed by atoms with Gasteiger partial charge in [0.15, 0.2) is 23.0 Å². The summed E-state index contributed by atoms with van der Waals surface area (Å²) in [6.45, 7) is 5.64. The van der Waals surface area contributed by atoms with Gasteiger partial charge >= 0.3 is 0 Å². The van der Waals surface area contributed by atoms with Gasteiger partial charge < -0.3 is 23.8 Å². The summed E-state index contributed by atoms with van der Waals surface area (Å²) in [6.07, 6.45) is 4.41. The molecule has 1 saturated carbocycles. The van der Waals surface area contributed by atoms with Crippen LogP contribution < -0.4 is 9.47 Å². The fourth-order valence-corrected chi connectivity index (χ4v) is 5.19. The molecule has 1 aliphatic carbocycles. The number of ketones is 1. The van der Waals surface area contributed by atoms with Crippen LogP contribution in [-0.2, 0) is 19.1 Å². The largest absolute Gasteiger partial charge is 0.493 e. The lowest BCUT2D eigenvalue weighted by Crippen LogP contribution is -2.41. The Hall–Kier alpha value is -2.54. The molecule has 2 heterocycles. The zero-order valence-corrected chi connectivity index (χ0v) is 20.1. The van der Waals surface area contributed by atoms with Gasteiger partial charge in [0.2, 0.25) is 0 Å². The first-order valence-corrected chi connectivity index (χ1v) is 12.1. The molecule has 0 radical (unpaired) electrons. The van der Waals surface area contributed by atoms with Crippen LogP contribution in [0, 0.1) is 11.8 Å². The Balaban J connectivity index is 1.71. The highest BCUT2D eigenvalue weighted by Crippen LogP contribution is 2.48. The topological polar surface area (TPSA) is 74.3 Å². The van der Waals surface area contributed by atoms with Crippen LogP contribution in [0.5, 0.6) is 11.5 Å². The van der Waals surface area contributed by atoms with Gasteiger partial charge in [0.05, 0.1) is 37.9 Å². The van der Waals surface area contributed by atoms with Crippen molar-refractivity contribution < 1.29 is 28.5 Å². The van der Waals surface area contributed by atoms with Gasteiger partial charge in [-0.25, -0.2) is 0 Å². The first-order valence-electron chi connectivity index (χ1n) is 12.1. The van der Waals surface area contributed by atoms with E-state index in [4.69, 9.17) is 18.9 Å². The van der Waals surface area contributed by atoms with Crippen LogP contribution in [0.15, 0.2) is 29.5 Å². The molecule has 0 N–H and O–H groups in total. The van der Waals surface area contributed by atoms with Crippen LogP contribution in [-0.4, -0.2) is 56.7 Å². The number of Topliss-reactive ketones (excluding diaryl/α,β-unsaturated/α-hetero) is 1. The Morgan fingerprint density at radius 2 is 1.94 bits per heavy atom. The maximum absolute atomic E-state index is 13.7. The normalized spacial score (nSPS) is 26.7. The average molecular weight is 458 g/mol. The van der Waals surface area contributed by atoms with Gasteiger partial charge in [-0.1, -0.05) is 26.3 Å². The van der Waals surface area contributed by atoms with E-state index < -0.39 is 6.04 Å². The summed E-state index contributed by atoms with van der Waals surface area (Å²) in [5, 5.41) is 0. The van der Waals surface area contributed by atoms with E-state index in [-0.39, 0.29) is 29.5 Å². The molecule has 0 bridgehead atoms. The van der Waals surface area contributed by atoms with Crippen molar-refractivity contribution in [3.8, 4) is 11.5 Å². The number of benzene rings is 1. The van der Waals surface area contributed by atoms with E-state index in [1.54, 1.807) is 19.1 Å². The zero-order chi connectivity index (χ0) is 23.5. The van der Waals surface area contributed by atoms with E-state index in [1.807, 2.05) is 18.2 Å². The van der Waals surface area contributed by atoms with Gasteiger partial charge in [-0.05, 0) is 49.3 Å². The molecule has 0 spiro atoms. The molecule has 7 heteroatoms. The third-order valence-corrected chi connectivity index (χ3v) is 7.00. The molecule has 2 aliphatic heterocycles. The fraction of sp³-hybridized carbons (Fsp3) is 0.615. The lowest BCUT2D eigenvalue weighted by Gasteiger charge is -2.37. The van der Waals surface area contributed by atoms with E-state index in [0.717, 1.165) is 37.7 Å². The van der Waals surface area contributed by atoms with Gasteiger partial charge in [0, 0.05) is 13.7 Å². The summed E-state index contributed by atoms with van der Waals surface area (Å²) in [4.78, 5) is 28.8. The maximum Gasteiger partial charge on any atom is 0.290 e. The van der Waals surface area contributed by atoms with Crippen LogP contribution in [0.2, 0.25) is 0 Å². The maximum atomic E-state index is 13.7. The highest BCUT2D eigenvalue weighted by molar-refractivity contribution is 6.11. The predicted molar refractivity (Wildman–Crippen MR) is 123 cm³/mol. The molecule has 0 aromatic heterocycles. The minimum atomic E-state index is -0.521. The summed E-state index contributed by atoms with van der Waals surface area (Å²) < 4.78 is 23.0. The van der Waals surface area contributed by atoms with Crippen LogP contribution in [0.1, 0.15) is 57.6 Å². The number of hydrogen-bond donors (Lipinski definition) is 0. The summed E-state index contributed by atoms with van der Waals surface area (Å²) in [5.41, 5.74) is 1.29. The van der Waals surface area contributed by atoms with E-state index in [0.29, 0.717) is 42.7 Å². The van der Waals surface area contributed by atoms with Gasteiger partial charge in [0.1, 0.15) is 6.10 Å². The summed E-state index contributed by atoms with van der Waals surface area (Å²) >= 11 is 0. The Morgan fingerprint density at radius 3 is 2.67 bits per heavy atom. The minimum absolute atomic E-state index is 0.0494. The van der Waals surface area contributed by atoms with E-state index in [2.05, 4.69) is 13.8 Å². The quantitative estimate of drug-likeness (QED) is 0.521. The van der Waals surface area contributed by atoms with Crippen molar-refractivity contribution in [1.82, 2.24) is 4.90 Å².